The molecule has 134 valence electrons. The molecule has 0 bridgehead atoms. The molecule has 2 aromatic heterocycles. The van der Waals surface area contributed by atoms with Gasteiger partial charge in [0.2, 0.25) is 12.6 Å². The molecule has 0 fully saturated rings. The highest BCUT2D eigenvalue weighted by atomic mass is 16.7. The summed E-state index contributed by atoms with van der Waals surface area (Å²) in [6, 6.07) is 13.2. The zero-order valence-electron chi connectivity index (χ0n) is 14.3. The topological polar surface area (TPSA) is 114 Å². The molecule has 0 saturated heterocycles. The second kappa shape index (κ2) is 5.84. The van der Waals surface area contributed by atoms with Gasteiger partial charge >= 0.3 is 0 Å². The molecule has 0 aliphatic carbocycles. The van der Waals surface area contributed by atoms with Gasteiger partial charge < -0.3 is 19.7 Å². The van der Waals surface area contributed by atoms with E-state index < -0.39 is 0 Å². The van der Waals surface area contributed by atoms with Gasteiger partial charge in [-0.2, -0.15) is 9.67 Å². The third-order valence-electron chi connectivity index (χ3n) is 4.21. The molecule has 0 spiro atoms. The Hall–Kier alpha value is -3.88. The molecule has 0 amide bonds. The highest BCUT2D eigenvalue weighted by Crippen LogP contribution is 2.35. The summed E-state index contributed by atoms with van der Waals surface area (Å²) in [6.07, 6.45) is 0. The average Bonchev–Trinajstić information content (AvgIpc) is 3.40. The maximum Gasteiger partial charge on any atom is 0.282 e. The van der Waals surface area contributed by atoms with Gasteiger partial charge in [0, 0.05) is 5.56 Å². The number of benzene rings is 2. The number of aryl methyl sites for hydroxylation is 1. The average molecular weight is 362 g/mol. The third kappa shape index (κ3) is 2.56. The van der Waals surface area contributed by atoms with Crippen molar-refractivity contribution in [3.63, 3.8) is 0 Å². The van der Waals surface area contributed by atoms with Crippen LogP contribution >= 0.6 is 0 Å². The Balaban J connectivity index is 1.50. The molecule has 0 atom stereocenters. The van der Waals surface area contributed by atoms with Crippen molar-refractivity contribution >= 4 is 5.82 Å². The smallest absolute Gasteiger partial charge is 0.282 e. The number of ether oxygens (including phenoxy) is 2. The van der Waals surface area contributed by atoms with E-state index >= 15 is 0 Å². The zero-order chi connectivity index (χ0) is 18.4. The molecule has 0 radical (unpaired) electrons. The van der Waals surface area contributed by atoms with Gasteiger partial charge in [-0.1, -0.05) is 22.5 Å². The van der Waals surface area contributed by atoms with Gasteiger partial charge in [-0.05, 0) is 42.8 Å². The molecular formula is C18H14N6O3. The molecule has 0 saturated carbocycles. The maximum absolute atomic E-state index is 6.21. The Kier molecular flexibility index (Phi) is 3.32. The lowest BCUT2D eigenvalue weighted by molar-refractivity contribution is 0.174. The molecule has 1 aliphatic rings. The number of nitrogens with two attached hydrogens (primary N) is 1. The summed E-state index contributed by atoms with van der Waals surface area (Å²) < 4.78 is 17.6. The van der Waals surface area contributed by atoms with E-state index in [1.54, 1.807) is 12.1 Å². The quantitative estimate of drug-likeness (QED) is 0.591. The van der Waals surface area contributed by atoms with Gasteiger partial charge in [-0.25, -0.2) is 0 Å². The summed E-state index contributed by atoms with van der Waals surface area (Å²) in [7, 11) is 0. The van der Waals surface area contributed by atoms with Crippen molar-refractivity contribution in [2.24, 2.45) is 0 Å². The lowest BCUT2D eigenvalue weighted by atomic mass is 10.2. The van der Waals surface area contributed by atoms with Crippen LogP contribution in [0.4, 0.5) is 5.82 Å². The van der Waals surface area contributed by atoms with Crippen molar-refractivity contribution in [2.75, 3.05) is 12.5 Å². The van der Waals surface area contributed by atoms with Crippen LogP contribution in [0.25, 0.3) is 28.7 Å². The maximum atomic E-state index is 6.21. The minimum atomic E-state index is 0.194. The van der Waals surface area contributed by atoms with E-state index in [9.17, 15) is 0 Å². The summed E-state index contributed by atoms with van der Waals surface area (Å²) in [5.41, 5.74) is 9.17. The number of fused-ring (bicyclic) bond motifs is 1. The van der Waals surface area contributed by atoms with Gasteiger partial charge in [0.25, 0.3) is 5.89 Å². The first-order valence-electron chi connectivity index (χ1n) is 8.21. The van der Waals surface area contributed by atoms with Crippen LogP contribution < -0.4 is 15.2 Å². The molecule has 3 heterocycles. The highest BCUT2D eigenvalue weighted by molar-refractivity contribution is 5.67. The van der Waals surface area contributed by atoms with E-state index in [2.05, 4.69) is 20.5 Å². The lowest BCUT2D eigenvalue weighted by Gasteiger charge is -2.03. The van der Waals surface area contributed by atoms with Crippen LogP contribution in [0.3, 0.4) is 0 Å². The second-order valence-corrected chi connectivity index (χ2v) is 6.07. The van der Waals surface area contributed by atoms with E-state index in [0.29, 0.717) is 28.8 Å². The molecule has 9 nitrogen and oxygen atoms in total. The lowest BCUT2D eigenvalue weighted by Crippen LogP contribution is -2.02. The van der Waals surface area contributed by atoms with Crippen LogP contribution in [0, 0.1) is 6.92 Å². The molecule has 4 aromatic rings. The third-order valence-corrected chi connectivity index (χ3v) is 4.21. The van der Waals surface area contributed by atoms with E-state index in [0.717, 1.165) is 16.8 Å². The van der Waals surface area contributed by atoms with Crippen molar-refractivity contribution < 1.29 is 14.0 Å². The summed E-state index contributed by atoms with van der Waals surface area (Å²) in [6.45, 7) is 2.20. The van der Waals surface area contributed by atoms with Crippen LogP contribution in [0.1, 0.15) is 5.56 Å². The van der Waals surface area contributed by atoms with E-state index in [-0.39, 0.29) is 12.7 Å². The standard InChI is InChI=1S/C18H14N6O3/c1-10-3-2-4-12(7-10)24-16(19)15(21-23-24)18-20-17(22-27-18)11-5-6-13-14(8-11)26-9-25-13/h2-8H,9,19H2,1H3. The fraction of sp³-hybridized carbons (Fsp3) is 0.111. The predicted molar refractivity (Wildman–Crippen MR) is 95.4 cm³/mol. The van der Waals surface area contributed by atoms with Gasteiger partial charge in [-0.3, -0.25) is 0 Å². The molecule has 1 aliphatic heterocycles. The fourth-order valence-electron chi connectivity index (χ4n) is 2.86. The van der Waals surface area contributed by atoms with E-state index in [1.807, 2.05) is 37.3 Å². The first kappa shape index (κ1) is 15.4. The van der Waals surface area contributed by atoms with Crippen LogP contribution in [0.5, 0.6) is 11.5 Å². The largest absolute Gasteiger partial charge is 0.454 e. The molecular weight excluding hydrogens is 348 g/mol. The number of nitrogen functional groups attached to an aromatic ring is 1. The van der Waals surface area contributed by atoms with Crippen LogP contribution in [-0.2, 0) is 0 Å². The fourth-order valence-corrected chi connectivity index (χ4v) is 2.86. The summed E-state index contributed by atoms with van der Waals surface area (Å²) in [4.78, 5) is 4.39. The molecule has 2 N–H and O–H groups in total. The normalized spacial score (nSPS) is 12.5. The molecule has 5 rings (SSSR count). The number of hydrogen-bond acceptors (Lipinski definition) is 8. The Labute approximate surface area is 153 Å². The van der Waals surface area contributed by atoms with Gasteiger partial charge in [-0.15, -0.1) is 5.10 Å². The molecule has 9 heteroatoms. The Bertz CT molecular complexity index is 1150. The summed E-state index contributed by atoms with van der Waals surface area (Å²) in [5.74, 6) is 2.24. The summed E-state index contributed by atoms with van der Waals surface area (Å²) >= 11 is 0. The van der Waals surface area contributed by atoms with E-state index in [4.69, 9.17) is 19.7 Å². The number of anilines is 1. The van der Waals surface area contributed by atoms with Gasteiger partial charge in [0.15, 0.2) is 23.0 Å². The van der Waals surface area contributed by atoms with Crippen LogP contribution in [-0.4, -0.2) is 31.9 Å². The van der Waals surface area contributed by atoms with Crippen molar-refractivity contribution in [1.82, 2.24) is 25.1 Å². The molecule has 27 heavy (non-hydrogen) atoms. The SMILES string of the molecule is Cc1cccc(-n2nnc(-c3nc(-c4ccc5c(c4)OCO5)no3)c2N)c1. The zero-order valence-corrected chi connectivity index (χ0v) is 14.3. The van der Waals surface area contributed by atoms with E-state index in [1.165, 1.54) is 4.68 Å². The first-order valence-corrected chi connectivity index (χ1v) is 8.21. The number of aromatic nitrogens is 5. The van der Waals surface area contributed by atoms with Crippen LogP contribution in [0.2, 0.25) is 0 Å². The number of nitrogens with zero attached hydrogens (tertiary/aromatic N) is 5. The number of rotatable bonds is 3. The van der Waals surface area contributed by atoms with Gasteiger partial charge in [0.05, 0.1) is 5.69 Å². The van der Waals surface area contributed by atoms with Crippen molar-refractivity contribution in [3.8, 4) is 40.2 Å². The molecule has 2 aromatic carbocycles. The minimum Gasteiger partial charge on any atom is -0.454 e. The minimum absolute atomic E-state index is 0.194. The predicted octanol–water partition coefficient (Wildman–Crippen LogP) is 2.60. The van der Waals surface area contributed by atoms with Gasteiger partial charge in [0.1, 0.15) is 0 Å². The Morgan fingerprint density at radius 3 is 2.85 bits per heavy atom. The summed E-state index contributed by atoms with van der Waals surface area (Å²) in [5, 5.41) is 12.2. The van der Waals surface area contributed by atoms with Crippen LogP contribution in [0.15, 0.2) is 47.0 Å². The Morgan fingerprint density at radius 1 is 1.07 bits per heavy atom. The number of hydrogen-bond donors (Lipinski definition) is 1. The second-order valence-electron chi connectivity index (χ2n) is 6.07. The van der Waals surface area contributed by atoms with Crippen molar-refractivity contribution in [2.45, 2.75) is 6.92 Å². The van der Waals surface area contributed by atoms with Crippen molar-refractivity contribution in [3.05, 3.63) is 48.0 Å². The highest BCUT2D eigenvalue weighted by Gasteiger charge is 2.21. The molecule has 0 unspecified atom stereocenters. The Morgan fingerprint density at radius 2 is 1.96 bits per heavy atom. The first-order chi connectivity index (χ1) is 13.2. The monoisotopic (exact) mass is 362 g/mol. The van der Waals surface area contributed by atoms with Crippen molar-refractivity contribution in [1.29, 1.82) is 0 Å².